The van der Waals surface area contributed by atoms with Crippen LogP contribution < -0.4 is 15.8 Å². The summed E-state index contributed by atoms with van der Waals surface area (Å²) in [5, 5.41) is 2.93. The van der Waals surface area contributed by atoms with Crippen molar-refractivity contribution in [1.29, 1.82) is 0 Å². The zero-order chi connectivity index (χ0) is 16.0. The Bertz CT molecular complexity index is 482. The molecule has 0 aliphatic rings. The maximum Gasteiger partial charge on any atom is 0.220 e. The summed E-state index contributed by atoms with van der Waals surface area (Å²) >= 11 is 0. The Morgan fingerprint density at radius 3 is 2.55 bits per heavy atom. The number of ether oxygens (including phenoxy) is 1. The van der Waals surface area contributed by atoms with Crippen LogP contribution in [0.25, 0.3) is 0 Å². The molecule has 0 aromatic heterocycles. The number of amides is 1. The maximum absolute atomic E-state index is 11.8. The molecule has 1 unspecified atom stereocenters. The quantitative estimate of drug-likeness (QED) is 0.841. The van der Waals surface area contributed by atoms with Gasteiger partial charge in [0, 0.05) is 24.6 Å². The molecule has 3 N–H and O–H groups in total. The van der Waals surface area contributed by atoms with E-state index in [9.17, 15) is 4.79 Å². The van der Waals surface area contributed by atoms with Crippen molar-refractivity contribution in [2.45, 2.75) is 65.6 Å². The molecule has 0 radical (unpaired) electrons. The van der Waals surface area contributed by atoms with Gasteiger partial charge in [-0.2, -0.15) is 0 Å². The monoisotopic (exact) mass is 328 g/mol. The summed E-state index contributed by atoms with van der Waals surface area (Å²) in [4.78, 5) is 11.8. The van der Waals surface area contributed by atoms with E-state index < -0.39 is 0 Å². The van der Waals surface area contributed by atoms with E-state index >= 15 is 0 Å². The summed E-state index contributed by atoms with van der Waals surface area (Å²) in [6.45, 7) is 10.5. The second kappa shape index (κ2) is 9.01. The van der Waals surface area contributed by atoms with Crippen molar-refractivity contribution < 1.29 is 9.53 Å². The number of carbonyl (C=O) groups excluding carboxylic acids is 1. The van der Waals surface area contributed by atoms with Crippen LogP contribution in [-0.2, 0) is 11.3 Å². The minimum Gasteiger partial charge on any atom is -0.488 e. The van der Waals surface area contributed by atoms with E-state index in [-0.39, 0.29) is 30.0 Å². The molecular formula is C17H29ClN2O2. The predicted molar refractivity (Wildman–Crippen MR) is 93.5 cm³/mol. The number of hydrogen-bond donors (Lipinski definition) is 2. The Labute approximate surface area is 140 Å². The van der Waals surface area contributed by atoms with Gasteiger partial charge < -0.3 is 15.8 Å². The molecule has 0 fully saturated rings. The molecule has 0 heterocycles. The van der Waals surface area contributed by atoms with Gasteiger partial charge in [0.05, 0.1) is 0 Å². The first kappa shape index (κ1) is 20.7. The number of carbonyl (C=O) groups is 1. The van der Waals surface area contributed by atoms with Crippen molar-refractivity contribution in [1.82, 2.24) is 5.32 Å². The molecule has 0 saturated carbocycles. The minimum atomic E-state index is -0.262. The fraction of sp³-hybridized carbons (Fsp3) is 0.588. The lowest BCUT2D eigenvalue weighted by atomic mass is 10.1. The summed E-state index contributed by atoms with van der Waals surface area (Å²) in [6.07, 6.45) is 1.16. The normalized spacial score (nSPS) is 12.3. The number of hydrogen-bond acceptors (Lipinski definition) is 3. The molecule has 22 heavy (non-hydrogen) atoms. The van der Waals surface area contributed by atoms with E-state index in [0.717, 1.165) is 16.9 Å². The molecular weight excluding hydrogens is 300 g/mol. The zero-order valence-electron chi connectivity index (χ0n) is 14.2. The van der Waals surface area contributed by atoms with Crippen molar-refractivity contribution in [3.63, 3.8) is 0 Å². The molecule has 0 saturated heterocycles. The van der Waals surface area contributed by atoms with Crippen molar-refractivity contribution in [2.75, 3.05) is 0 Å². The molecule has 126 valence electrons. The molecule has 0 aliphatic carbocycles. The molecule has 5 heteroatoms. The van der Waals surface area contributed by atoms with Gasteiger partial charge in [-0.1, -0.05) is 12.1 Å². The molecule has 0 bridgehead atoms. The molecule has 1 rings (SSSR count). The third kappa shape index (κ3) is 8.25. The van der Waals surface area contributed by atoms with Gasteiger partial charge in [0.1, 0.15) is 11.4 Å². The van der Waals surface area contributed by atoms with Crippen molar-refractivity contribution in [3.05, 3.63) is 29.3 Å². The van der Waals surface area contributed by atoms with E-state index in [1.54, 1.807) is 0 Å². The second-order valence-corrected chi connectivity index (χ2v) is 6.62. The van der Waals surface area contributed by atoms with Crippen LogP contribution in [-0.4, -0.2) is 17.6 Å². The number of rotatable bonds is 6. The largest absolute Gasteiger partial charge is 0.488 e. The third-order valence-corrected chi connectivity index (χ3v) is 2.94. The van der Waals surface area contributed by atoms with Crippen LogP contribution >= 0.6 is 12.4 Å². The van der Waals surface area contributed by atoms with Gasteiger partial charge in [-0.15, -0.1) is 12.4 Å². The number of aryl methyl sites for hydroxylation is 1. The van der Waals surface area contributed by atoms with E-state index in [4.69, 9.17) is 10.5 Å². The van der Waals surface area contributed by atoms with Gasteiger partial charge in [-0.3, -0.25) is 4.79 Å². The first-order valence-electron chi connectivity index (χ1n) is 7.48. The SMILES string of the molecule is Cc1ccc(CNC(=O)CCC(C)N)c(OC(C)(C)C)c1.Cl. The molecule has 1 aromatic carbocycles. The lowest BCUT2D eigenvalue weighted by molar-refractivity contribution is -0.121. The summed E-state index contributed by atoms with van der Waals surface area (Å²) in [5.41, 5.74) is 7.53. The van der Waals surface area contributed by atoms with Gasteiger partial charge in [0.25, 0.3) is 0 Å². The van der Waals surface area contributed by atoms with E-state index in [0.29, 0.717) is 19.4 Å². The summed E-state index contributed by atoms with van der Waals surface area (Å²) in [5.74, 6) is 0.851. The van der Waals surface area contributed by atoms with Crippen LogP contribution in [0.3, 0.4) is 0 Å². The summed E-state index contributed by atoms with van der Waals surface area (Å²) in [7, 11) is 0. The number of nitrogens with one attached hydrogen (secondary N) is 1. The van der Waals surface area contributed by atoms with Crippen molar-refractivity contribution in [2.24, 2.45) is 5.73 Å². The highest BCUT2D eigenvalue weighted by Gasteiger charge is 2.15. The van der Waals surface area contributed by atoms with Crippen LogP contribution in [0, 0.1) is 6.92 Å². The maximum atomic E-state index is 11.8. The topological polar surface area (TPSA) is 64.4 Å². The smallest absolute Gasteiger partial charge is 0.220 e. The van der Waals surface area contributed by atoms with Crippen LogP contribution in [0.2, 0.25) is 0 Å². The summed E-state index contributed by atoms with van der Waals surface area (Å²) in [6, 6.07) is 6.09. The van der Waals surface area contributed by atoms with Crippen LogP contribution in [0.15, 0.2) is 18.2 Å². The van der Waals surface area contributed by atoms with Gasteiger partial charge in [0.2, 0.25) is 5.91 Å². The molecule has 0 spiro atoms. The predicted octanol–water partition coefficient (Wildman–Crippen LogP) is 3.34. The zero-order valence-corrected chi connectivity index (χ0v) is 15.0. The third-order valence-electron chi connectivity index (χ3n) is 2.94. The Kier molecular flexibility index (Phi) is 8.49. The highest BCUT2D eigenvalue weighted by Crippen LogP contribution is 2.24. The standard InChI is InChI=1S/C17H28N2O2.ClH/c1-12-6-8-14(15(10-12)21-17(3,4)5)11-19-16(20)9-7-13(2)18;/h6,8,10,13H,7,9,11,18H2,1-5H3,(H,19,20);1H. The highest BCUT2D eigenvalue weighted by molar-refractivity contribution is 5.85. The van der Waals surface area contributed by atoms with Gasteiger partial charge in [-0.05, 0) is 52.7 Å². The highest BCUT2D eigenvalue weighted by atomic mass is 35.5. The van der Waals surface area contributed by atoms with Gasteiger partial charge in [0.15, 0.2) is 0 Å². The van der Waals surface area contributed by atoms with Crippen molar-refractivity contribution in [3.8, 4) is 5.75 Å². The minimum absolute atomic E-state index is 0. The number of halogens is 1. The lowest BCUT2D eigenvalue weighted by Crippen LogP contribution is -2.27. The average Bonchev–Trinajstić information content (AvgIpc) is 2.33. The summed E-state index contributed by atoms with van der Waals surface area (Å²) < 4.78 is 5.97. The van der Waals surface area contributed by atoms with E-state index in [2.05, 4.69) is 5.32 Å². The Morgan fingerprint density at radius 2 is 2.00 bits per heavy atom. The number of benzene rings is 1. The van der Waals surface area contributed by atoms with Crippen molar-refractivity contribution >= 4 is 18.3 Å². The van der Waals surface area contributed by atoms with E-state index in [1.165, 1.54) is 0 Å². The fourth-order valence-corrected chi connectivity index (χ4v) is 1.87. The van der Waals surface area contributed by atoms with Gasteiger partial charge >= 0.3 is 0 Å². The molecule has 1 amide bonds. The van der Waals surface area contributed by atoms with Crippen LogP contribution in [0.4, 0.5) is 0 Å². The van der Waals surface area contributed by atoms with Crippen LogP contribution in [0.5, 0.6) is 5.75 Å². The first-order chi connectivity index (χ1) is 9.67. The number of nitrogens with two attached hydrogens (primary N) is 1. The Morgan fingerprint density at radius 1 is 1.36 bits per heavy atom. The fourth-order valence-electron chi connectivity index (χ4n) is 1.87. The second-order valence-electron chi connectivity index (χ2n) is 6.62. The van der Waals surface area contributed by atoms with Crippen LogP contribution in [0.1, 0.15) is 51.7 Å². The lowest BCUT2D eigenvalue weighted by Gasteiger charge is -2.24. The molecule has 4 nitrogen and oxygen atoms in total. The average molecular weight is 329 g/mol. The Balaban J connectivity index is 0.00000441. The molecule has 1 atom stereocenters. The first-order valence-corrected chi connectivity index (χ1v) is 7.48. The van der Waals surface area contributed by atoms with E-state index in [1.807, 2.05) is 52.8 Å². The van der Waals surface area contributed by atoms with Gasteiger partial charge in [-0.25, -0.2) is 0 Å². The Hall–Kier alpha value is -1.26. The molecule has 1 aromatic rings. The molecule has 0 aliphatic heterocycles.